The van der Waals surface area contributed by atoms with E-state index < -0.39 is 6.23 Å². The molecule has 0 spiro atoms. The van der Waals surface area contributed by atoms with Gasteiger partial charge in [0.15, 0.2) is 12.0 Å². The molecule has 0 fully saturated rings. The fourth-order valence-electron chi connectivity index (χ4n) is 1.79. The van der Waals surface area contributed by atoms with Gasteiger partial charge < -0.3 is 10.1 Å². The van der Waals surface area contributed by atoms with Crippen LogP contribution in [0.15, 0.2) is 43.2 Å². The average Bonchev–Trinajstić information content (AvgIpc) is 2.51. The predicted octanol–water partition coefficient (Wildman–Crippen LogP) is 4.60. The molecular formula is C16H13Cl3N2O2. The highest BCUT2D eigenvalue weighted by atomic mass is 35.5. The molecule has 0 radical (unpaired) electrons. The second kappa shape index (κ2) is 7.68. The van der Waals surface area contributed by atoms with Crippen molar-refractivity contribution < 1.29 is 9.53 Å². The second-order valence-corrected chi connectivity index (χ2v) is 5.90. The fraction of sp³-hybridized carbons (Fsp3) is 0.125. The van der Waals surface area contributed by atoms with Crippen molar-refractivity contribution in [3.63, 3.8) is 0 Å². The highest BCUT2D eigenvalue weighted by Gasteiger charge is 2.16. The van der Waals surface area contributed by atoms with Gasteiger partial charge in [0.2, 0.25) is 0 Å². The van der Waals surface area contributed by atoms with E-state index in [1.54, 1.807) is 31.5 Å². The number of hydrogen-bond donors (Lipinski definition) is 1. The van der Waals surface area contributed by atoms with Crippen molar-refractivity contribution in [1.82, 2.24) is 10.3 Å². The topological polar surface area (TPSA) is 51.2 Å². The van der Waals surface area contributed by atoms with Crippen LogP contribution in [0.25, 0.3) is 5.57 Å². The summed E-state index contributed by atoms with van der Waals surface area (Å²) in [6.45, 7) is 5.40. The molecule has 0 aliphatic heterocycles. The molecule has 0 aliphatic rings. The minimum atomic E-state index is -0.674. The van der Waals surface area contributed by atoms with Crippen molar-refractivity contribution in [2.24, 2.45) is 0 Å². The minimum Gasteiger partial charge on any atom is -0.468 e. The molecular weight excluding hydrogens is 359 g/mol. The van der Waals surface area contributed by atoms with E-state index in [2.05, 4.69) is 16.9 Å². The van der Waals surface area contributed by atoms with Gasteiger partial charge in [-0.1, -0.05) is 47.4 Å². The maximum absolute atomic E-state index is 12.2. The Balaban J connectivity index is 2.04. The van der Waals surface area contributed by atoms with Gasteiger partial charge in [-0.15, -0.1) is 0 Å². The average molecular weight is 372 g/mol. The minimum absolute atomic E-state index is 0.248. The van der Waals surface area contributed by atoms with Crippen LogP contribution in [0, 0.1) is 0 Å². The number of nitrogens with zero attached hydrogens (tertiary/aromatic N) is 1. The van der Waals surface area contributed by atoms with Crippen molar-refractivity contribution in [2.75, 3.05) is 0 Å². The molecule has 1 aromatic carbocycles. The van der Waals surface area contributed by atoms with Gasteiger partial charge in [-0.25, -0.2) is 0 Å². The number of carbonyl (C=O) groups is 1. The number of pyridine rings is 1. The third-order valence-electron chi connectivity index (χ3n) is 2.88. The van der Waals surface area contributed by atoms with Crippen LogP contribution in [0.5, 0.6) is 5.75 Å². The summed E-state index contributed by atoms with van der Waals surface area (Å²) in [5.74, 6) is -0.135. The summed E-state index contributed by atoms with van der Waals surface area (Å²) in [6.07, 6.45) is 2.50. The lowest BCUT2D eigenvalue weighted by molar-refractivity contribution is -0.117. The predicted molar refractivity (Wildman–Crippen MR) is 93.0 cm³/mol. The summed E-state index contributed by atoms with van der Waals surface area (Å²) in [5, 5.41) is 3.57. The second-order valence-electron chi connectivity index (χ2n) is 4.65. The lowest BCUT2D eigenvalue weighted by Gasteiger charge is -2.19. The van der Waals surface area contributed by atoms with Crippen LogP contribution in [0.4, 0.5) is 0 Å². The Hall–Kier alpha value is -1.75. The zero-order chi connectivity index (χ0) is 17.0. The Bertz CT molecular complexity index is 712. The molecule has 120 valence electrons. The number of ether oxygens (including phenoxy) is 1. The quantitative estimate of drug-likeness (QED) is 0.617. The van der Waals surface area contributed by atoms with Crippen molar-refractivity contribution >= 4 is 46.3 Å². The van der Waals surface area contributed by atoms with Gasteiger partial charge in [0, 0.05) is 28.6 Å². The van der Waals surface area contributed by atoms with Crippen molar-refractivity contribution in [1.29, 1.82) is 0 Å². The van der Waals surface area contributed by atoms with E-state index in [9.17, 15) is 4.79 Å². The molecule has 1 N–H and O–H groups in total. The molecule has 0 bridgehead atoms. The van der Waals surface area contributed by atoms with Crippen LogP contribution in [0.3, 0.4) is 0 Å². The van der Waals surface area contributed by atoms with Crippen molar-refractivity contribution in [3.05, 3.63) is 63.9 Å². The van der Waals surface area contributed by atoms with Crippen LogP contribution in [-0.2, 0) is 4.79 Å². The van der Waals surface area contributed by atoms with Gasteiger partial charge in [0.25, 0.3) is 5.91 Å². The smallest absolute Gasteiger partial charge is 0.254 e. The molecule has 2 rings (SSSR count). The Labute approximate surface area is 149 Å². The van der Waals surface area contributed by atoms with Crippen LogP contribution >= 0.6 is 34.8 Å². The first-order valence-electron chi connectivity index (χ1n) is 6.60. The number of rotatable bonds is 5. The molecule has 0 saturated carbocycles. The molecule has 1 heterocycles. The Morgan fingerprint density at radius 3 is 2.52 bits per heavy atom. The van der Waals surface area contributed by atoms with E-state index in [0.29, 0.717) is 10.6 Å². The molecule has 1 atom stereocenters. The Morgan fingerprint density at radius 1 is 1.30 bits per heavy atom. The number of hydrogen-bond acceptors (Lipinski definition) is 3. The SMILES string of the molecule is C=C(C(=O)NC(C)Oc1c(Cl)cc(Cl)cc1Cl)c1cccnc1. The van der Waals surface area contributed by atoms with E-state index in [-0.39, 0.29) is 27.3 Å². The number of aromatic nitrogens is 1. The molecule has 2 aromatic rings. The van der Waals surface area contributed by atoms with Crippen LogP contribution in [0.2, 0.25) is 15.1 Å². The maximum atomic E-state index is 12.2. The van der Waals surface area contributed by atoms with Gasteiger partial charge in [0.05, 0.1) is 10.0 Å². The Morgan fingerprint density at radius 2 is 1.96 bits per heavy atom. The maximum Gasteiger partial charge on any atom is 0.254 e. The molecule has 0 saturated heterocycles. The van der Waals surface area contributed by atoms with E-state index >= 15 is 0 Å². The third kappa shape index (κ3) is 4.61. The zero-order valence-electron chi connectivity index (χ0n) is 12.1. The van der Waals surface area contributed by atoms with Gasteiger partial charge in [-0.2, -0.15) is 0 Å². The number of benzene rings is 1. The standard InChI is InChI=1S/C16H13Cl3N2O2/c1-9(11-4-3-5-20-8-11)16(22)21-10(2)23-15-13(18)6-12(17)7-14(15)19/h3-8,10H,1H2,2H3,(H,21,22). The first-order chi connectivity index (χ1) is 10.9. The molecule has 1 aromatic heterocycles. The summed E-state index contributed by atoms with van der Waals surface area (Å²) in [5.41, 5.74) is 0.904. The van der Waals surface area contributed by atoms with E-state index in [1.165, 1.54) is 12.1 Å². The summed E-state index contributed by atoms with van der Waals surface area (Å²) >= 11 is 17.9. The first-order valence-corrected chi connectivity index (χ1v) is 7.73. The summed E-state index contributed by atoms with van der Waals surface area (Å²) in [6, 6.07) is 6.48. The summed E-state index contributed by atoms with van der Waals surface area (Å²) in [4.78, 5) is 16.1. The molecule has 7 heteroatoms. The number of carbonyl (C=O) groups excluding carboxylic acids is 1. The molecule has 23 heavy (non-hydrogen) atoms. The Kier molecular flexibility index (Phi) is 5.88. The van der Waals surface area contributed by atoms with E-state index in [4.69, 9.17) is 39.5 Å². The fourth-order valence-corrected chi connectivity index (χ4v) is 2.70. The van der Waals surface area contributed by atoms with Gasteiger partial charge in [-0.3, -0.25) is 9.78 Å². The lowest BCUT2D eigenvalue weighted by Crippen LogP contribution is -2.37. The van der Waals surface area contributed by atoms with Gasteiger partial charge in [0.1, 0.15) is 0 Å². The normalized spacial score (nSPS) is 11.7. The highest BCUT2D eigenvalue weighted by Crippen LogP contribution is 2.36. The molecule has 1 unspecified atom stereocenters. The van der Waals surface area contributed by atoms with Crippen LogP contribution < -0.4 is 10.1 Å². The largest absolute Gasteiger partial charge is 0.468 e. The lowest BCUT2D eigenvalue weighted by atomic mass is 10.1. The van der Waals surface area contributed by atoms with Gasteiger partial charge >= 0.3 is 0 Å². The van der Waals surface area contributed by atoms with Crippen LogP contribution in [0.1, 0.15) is 12.5 Å². The number of amides is 1. The van der Waals surface area contributed by atoms with Gasteiger partial charge in [-0.05, 0) is 25.1 Å². The van der Waals surface area contributed by atoms with E-state index in [0.717, 1.165) is 0 Å². The number of nitrogens with one attached hydrogen (secondary N) is 1. The molecule has 1 amide bonds. The van der Waals surface area contributed by atoms with E-state index in [1.807, 2.05) is 0 Å². The summed E-state index contributed by atoms with van der Waals surface area (Å²) in [7, 11) is 0. The molecule has 0 aliphatic carbocycles. The van der Waals surface area contributed by atoms with Crippen LogP contribution in [-0.4, -0.2) is 17.1 Å². The monoisotopic (exact) mass is 370 g/mol. The first kappa shape index (κ1) is 17.6. The zero-order valence-corrected chi connectivity index (χ0v) is 14.4. The van der Waals surface area contributed by atoms with Crippen molar-refractivity contribution in [2.45, 2.75) is 13.2 Å². The van der Waals surface area contributed by atoms with Crippen molar-refractivity contribution in [3.8, 4) is 5.75 Å². The summed E-state index contributed by atoms with van der Waals surface area (Å²) < 4.78 is 5.58. The molecule has 4 nitrogen and oxygen atoms in total. The third-order valence-corrected chi connectivity index (χ3v) is 3.66. The number of halogens is 3. The highest BCUT2D eigenvalue weighted by molar-refractivity contribution is 6.40.